The van der Waals surface area contributed by atoms with Crippen molar-refractivity contribution >= 4 is 17.5 Å². The normalized spacial score (nSPS) is 23.7. The van der Waals surface area contributed by atoms with Crippen molar-refractivity contribution in [1.82, 2.24) is 20.6 Å². The molecule has 1 unspecified atom stereocenters. The Morgan fingerprint density at radius 1 is 1.13 bits per heavy atom. The summed E-state index contributed by atoms with van der Waals surface area (Å²) >= 11 is 0. The first kappa shape index (κ1) is 30.0. The number of nitrogens with zero attached hydrogens (tertiary/aromatic N) is 2. The third-order valence-electron chi connectivity index (χ3n) is 9.04. The molecule has 12 nitrogen and oxygen atoms in total. The first-order valence-electron chi connectivity index (χ1n) is 15.4. The molecule has 240 valence electrons. The Kier molecular flexibility index (Phi) is 6.98. The highest BCUT2D eigenvalue weighted by atomic mass is 16.5. The van der Waals surface area contributed by atoms with E-state index in [0.29, 0.717) is 22.9 Å². The quantitative estimate of drug-likeness (QED) is 0.220. The van der Waals surface area contributed by atoms with Gasteiger partial charge in [-0.2, -0.15) is 0 Å². The Labute approximate surface area is 265 Å². The van der Waals surface area contributed by atoms with Crippen molar-refractivity contribution in [2.75, 3.05) is 5.32 Å². The van der Waals surface area contributed by atoms with Crippen LogP contribution in [-0.4, -0.2) is 50.4 Å². The Bertz CT molecular complexity index is 1840. The third kappa shape index (κ3) is 4.58. The number of nitrogens with one attached hydrogen (secondary N) is 3. The first-order valence-corrected chi connectivity index (χ1v) is 15.4. The second-order valence-corrected chi connectivity index (χ2v) is 13.6. The van der Waals surface area contributed by atoms with Gasteiger partial charge in [-0.1, -0.05) is 65.0 Å². The van der Waals surface area contributed by atoms with E-state index < -0.39 is 47.1 Å². The minimum absolute atomic E-state index is 0.154. The van der Waals surface area contributed by atoms with Gasteiger partial charge in [0.2, 0.25) is 23.6 Å². The van der Waals surface area contributed by atoms with Crippen LogP contribution in [0.1, 0.15) is 74.7 Å². The summed E-state index contributed by atoms with van der Waals surface area (Å²) in [6.45, 7) is 8.81. The van der Waals surface area contributed by atoms with Gasteiger partial charge in [-0.05, 0) is 34.6 Å². The van der Waals surface area contributed by atoms with E-state index >= 15 is 0 Å². The number of rotatable bonds is 5. The lowest BCUT2D eigenvalue weighted by atomic mass is 9.72. The zero-order valence-corrected chi connectivity index (χ0v) is 26.2. The molecule has 0 aliphatic carbocycles. The Morgan fingerprint density at radius 2 is 1.91 bits per heavy atom. The lowest BCUT2D eigenvalue weighted by molar-refractivity contribution is -0.138. The number of ether oxygens (including phenoxy) is 1. The van der Waals surface area contributed by atoms with E-state index in [-0.39, 0.29) is 30.7 Å². The number of oxazole rings is 2. The maximum atomic E-state index is 14.0. The molecule has 46 heavy (non-hydrogen) atoms. The fraction of sp³-hybridized carbons (Fsp3) is 0.412. The molecule has 5 atom stereocenters. The van der Waals surface area contributed by atoms with Gasteiger partial charge in [0.1, 0.15) is 41.3 Å². The van der Waals surface area contributed by atoms with E-state index in [0.717, 1.165) is 22.4 Å². The maximum absolute atomic E-state index is 14.0. The van der Waals surface area contributed by atoms with Gasteiger partial charge in [0.25, 0.3) is 0 Å². The summed E-state index contributed by atoms with van der Waals surface area (Å²) in [6, 6.07) is 11.8. The summed E-state index contributed by atoms with van der Waals surface area (Å²) in [5.41, 5.74) is 2.18. The van der Waals surface area contributed by atoms with E-state index in [1.54, 1.807) is 20.8 Å². The van der Waals surface area contributed by atoms with Crippen LogP contribution in [0.3, 0.4) is 0 Å². The van der Waals surface area contributed by atoms with Crippen LogP contribution in [-0.2, 0) is 28.0 Å². The molecule has 3 aliphatic rings. The number of aliphatic hydroxyl groups excluding tert-OH is 2. The second kappa shape index (κ2) is 10.7. The second-order valence-electron chi connectivity index (χ2n) is 13.6. The van der Waals surface area contributed by atoms with Gasteiger partial charge < -0.3 is 39.7 Å². The predicted molar refractivity (Wildman–Crippen MR) is 166 cm³/mol. The molecule has 2 aromatic heterocycles. The Balaban J connectivity index is 1.47. The van der Waals surface area contributed by atoms with Crippen LogP contribution in [0.2, 0.25) is 0 Å². The summed E-state index contributed by atoms with van der Waals surface area (Å²) in [5, 5.41) is 29.9. The molecular weight excluding hydrogens is 590 g/mol. The number of carbonyl (C=O) groups is 2. The molecule has 0 saturated carbocycles. The summed E-state index contributed by atoms with van der Waals surface area (Å²) in [5.74, 6) is 0.141. The average molecular weight is 628 g/mol. The Morgan fingerprint density at radius 3 is 2.63 bits per heavy atom. The molecule has 2 amide bonds. The molecule has 0 fully saturated rings. The fourth-order valence-electron chi connectivity index (χ4n) is 6.58. The molecular formula is C34H37N5O7. The van der Waals surface area contributed by atoms with Gasteiger partial charge >= 0.3 is 0 Å². The van der Waals surface area contributed by atoms with Crippen molar-refractivity contribution in [3.8, 4) is 17.3 Å². The number of fused-ring (bicyclic) bond motifs is 4. The van der Waals surface area contributed by atoms with Gasteiger partial charge in [0.05, 0.1) is 6.61 Å². The lowest BCUT2D eigenvalue weighted by Crippen LogP contribution is -2.53. The highest BCUT2D eigenvalue weighted by molar-refractivity contribution is 5.90. The van der Waals surface area contributed by atoms with Crippen LogP contribution < -0.4 is 20.7 Å². The molecule has 0 saturated heterocycles. The van der Waals surface area contributed by atoms with E-state index in [2.05, 4.69) is 20.9 Å². The SMILES string of the molecule is CC(C)[C@@H]1NC(=O)[C@@H](NC(=O)[C@@H](O)C(C)(C)C)Cc2ccc3c(c2)C2(c4ccccc4N[C@@H]2O3)c2oc1nc2-c1nc(CO)co1. The molecule has 12 heteroatoms. The highest BCUT2D eigenvalue weighted by Gasteiger charge is 2.61. The molecule has 0 radical (unpaired) electrons. The maximum Gasteiger partial charge on any atom is 0.250 e. The van der Waals surface area contributed by atoms with Crippen molar-refractivity contribution < 1.29 is 33.4 Å². The van der Waals surface area contributed by atoms with E-state index in [1.165, 1.54) is 6.26 Å². The van der Waals surface area contributed by atoms with Crippen molar-refractivity contribution in [2.24, 2.45) is 11.3 Å². The van der Waals surface area contributed by atoms with Crippen molar-refractivity contribution in [3.63, 3.8) is 0 Å². The average Bonchev–Trinajstić information content (AvgIpc) is 3.78. The van der Waals surface area contributed by atoms with Crippen LogP contribution >= 0.6 is 0 Å². The lowest BCUT2D eigenvalue weighted by Gasteiger charge is -2.30. The van der Waals surface area contributed by atoms with Crippen LogP contribution in [0.4, 0.5) is 5.69 Å². The van der Waals surface area contributed by atoms with Gasteiger partial charge in [-0.3, -0.25) is 9.59 Å². The molecule has 2 aromatic carbocycles. The zero-order chi connectivity index (χ0) is 32.5. The Hall–Kier alpha value is -4.68. The molecule has 7 rings (SSSR count). The molecule has 5 heterocycles. The monoisotopic (exact) mass is 627 g/mol. The summed E-state index contributed by atoms with van der Waals surface area (Å²) in [4.78, 5) is 36.6. The number of benzene rings is 2. The molecule has 4 aromatic rings. The summed E-state index contributed by atoms with van der Waals surface area (Å²) in [6.07, 6.45) is -0.422. The third-order valence-corrected chi connectivity index (χ3v) is 9.04. The van der Waals surface area contributed by atoms with Gasteiger partial charge in [-0.15, -0.1) is 0 Å². The number of amides is 2. The topological polar surface area (TPSA) is 172 Å². The zero-order valence-electron chi connectivity index (χ0n) is 26.2. The van der Waals surface area contributed by atoms with E-state index in [9.17, 15) is 19.8 Å². The standard InChI is InChI=1S/C34H37N5O7/c1-16(2)24-31-39-25(30-35-18(14-40)15-44-30)27(46-31)34-19-8-6-7-9-21(19)37-32(34)45-23-11-10-17(12-20(23)34)13-22(28(42)38-24)36-29(43)26(41)33(3,4)5/h6-12,15-16,22,24,26,32,37,40-41H,13-14H2,1-5H3,(H,36,43)(H,38,42)/t22-,24-,26+,32+,34?/m0/s1. The predicted octanol–water partition coefficient (Wildman–Crippen LogP) is 3.56. The fourth-order valence-corrected chi connectivity index (χ4v) is 6.58. The number of hydrogen-bond acceptors (Lipinski definition) is 10. The van der Waals surface area contributed by atoms with Gasteiger partial charge in [0.15, 0.2) is 17.7 Å². The molecule has 4 bridgehead atoms. The number of aliphatic hydroxyl groups is 2. The smallest absolute Gasteiger partial charge is 0.250 e. The number of aromatic nitrogens is 2. The molecule has 3 aliphatic heterocycles. The number of para-hydroxylation sites is 1. The number of hydrogen-bond donors (Lipinski definition) is 5. The van der Waals surface area contributed by atoms with Crippen molar-refractivity contribution in [3.05, 3.63) is 82.8 Å². The van der Waals surface area contributed by atoms with E-state index in [1.807, 2.05) is 56.3 Å². The minimum atomic E-state index is -1.33. The van der Waals surface area contributed by atoms with Gasteiger partial charge in [-0.25, -0.2) is 9.97 Å². The largest absolute Gasteiger partial charge is 0.469 e. The van der Waals surface area contributed by atoms with Crippen LogP contribution in [0.15, 0.2) is 57.6 Å². The van der Waals surface area contributed by atoms with E-state index in [4.69, 9.17) is 18.6 Å². The highest BCUT2D eigenvalue weighted by Crippen LogP contribution is 2.59. The molecule has 5 N–H and O–H groups in total. The molecule has 1 spiro atoms. The van der Waals surface area contributed by atoms with Crippen LogP contribution in [0.5, 0.6) is 5.75 Å². The summed E-state index contributed by atoms with van der Waals surface area (Å²) < 4.78 is 19.2. The van der Waals surface area contributed by atoms with Crippen molar-refractivity contribution in [1.29, 1.82) is 0 Å². The number of anilines is 1. The van der Waals surface area contributed by atoms with Crippen LogP contribution in [0.25, 0.3) is 11.6 Å². The van der Waals surface area contributed by atoms with Gasteiger partial charge in [0, 0.05) is 17.7 Å². The first-order chi connectivity index (χ1) is 21.9. The minimum Gasteiger partial charge on any atom is -0.469 e. The number of carbonyl (C=O) groups excluding carboxylic acids is 2. The summed E-state index contributed by atoms with van der Waals surface area (Å²) in [7, 11) is 0. The van der Waals surface area contributed by atoms with Crippen LogP contribution in [0, 0.1) is 11.3 Å². The van der Waals surface area contributed by atoms with Crippen molar-refractivity contribution in [2.45, 2.75) is 77.5 Å².